The zero-order valence-corrected chi connectivity index (χ0v) is 16.0. The number of hydrogen-bond donors (Lipinski definition) is 1. The molecule has 0 saturated carbocycles. The maximum Gasteiger partial charge on any atom is 0.333 e. The van der Waals surface area contributed by atoms with E-state index in [2.05, 4.69) is 5.32 Å². The van der Waals surface area contributed by atoms with E-state index in [4.69, 9.17) is 9.47 Å². The van der Waals surface area contributed by atoms with Crippen molar-refractivity contribution in [3.8, 4) is 5.75 Å². The molecule has 1 unspecified atom stereocenters. The molecule has 7 nitrogen and oxygen atoms in total. The van der Waals surface area contributed by atoms with Crippen molar-refractivity contribution in [3.05, 3.63) is 34.9 Å². The summed E-state index contributed by atoms with van der Waals surface area (Å²) in [5, 5.41) is 3.20. The lowest BCUT2D eigenvalue weighted by Crippen LogP contribution is -2.42. The molecule has 1 aromatic rings. The van der Waals surface area contributed by atoms with Gasteiger partial charge in [0.05, 0.1) is 36.3 Å². The molecule has 1 fully saturated rings. The summed E-state index contributed by atoms with van der Waals surface area (Å²) in [4.78, 5) is 37.9. The van der Waals surface area contributed by atoms with Crippen LogP contribution in [0.15, 0.2) is 29.3 Å². The largest absolute Gasteiger partial charge is 0.495 e. The lowest BCUT2D eigenvalue weighted by Gasteiger charge is -2.24. The van der Waals surface area contributed by atoms with Crippen molar-refractivity contribution in [2.75, 3.05) is 24.8 Å². The fourth-order valence-electron chi connectivity index (χ4n) is 2.47. The second kappa shape index (κ2) is 8.75. The summed E-state index contributed by atoms with van der Waals surface area (Å²) in [5.74, 6) is -0.441. The molecule has 0 aliphatic carbocycles. The van der Waals surface area contributed by atoms with Crippen LogP contribution in [-0.4, -0.2) is 48.2 Å². The summed E-state index contributed by atoms with van der Waals surface area (Å²) < 4.78 is 10.1. The van der Waals surface area contributed by atoms with Crippen molar-refractivity contribution >= 4 is 35.2 Å². The highest BCUT2D eigenvalue weighted by atomic mass is 32.2. The number of benzene rings is 1. The Bertz CT molecular complexity index is 747. The third-order valence-electron chi connectivity index (χ3n) is 3.76. The van der Waals surface area contributed by atoms with Gasteiger partial charge in [0.2, 0.25) is 11.8 Å². The van der Waals surface area contributed by atoms with E-state index in [1.165, 1.54) is 29.8 Å². The van der Waals surface area contributed by atoms with E-state index in [1.54, 1.807) is 26.0 Å². The minimum Gasteiger partial charge on any atom is -0.495 e. The quantitative estimate of drug-likeness (QED) is 0.604. The third-order valence-corrected chi connectivity index (χ3v) is 4.76. The van der Waals surface area contributed by atoms with E-state index >= 15 is 0 Å². The van der Waals surface area contributed by atoms with Crippen LogP contribution in [0, 0.1) is 6.92 Å². The van der Waals surface area contributed by atoms with Crippen LogP contribution in [0.3, 0.4) is 0 Å². The Labute approximate surface area is 156 Å². The topological polar surface area (TPSA) is 84.9 Å². The number of methoxy groups -OCH3 is 1. The first-order chi connectivity index (χ1) is 12.4. The van der Waals surface area contributed by atoms with Crippen LogP contribution in [0.4, 0.5) is 5.69 Å². The van der Waals surface area contributed by atoms with Gasteiger partial charge in [0.25, 0.3) is 0 Å². The average molecular weight is 378 g/mol. The second-order valence-electron chi connectivity index (χ2n) is 5.66. The molecule has 1 aromatic carbocycles. The van der Waals surface area contributed by atoms with Crippen molar-refractivity contribution in [2.24, 2.45) is 0 Å². The fourth-order valence-corrected chi connectivity index (χ4v) is 3.46. The van der Waals surface area contributed by atoms with Crippen LogP contribution >= 0.6 is 11.8 Å². The first kappa shape index (κ1) is 19.8. The zero-order valence-electron chi connectivity index (χ0n) is 15.2. The number of aryl methyl sites for hydroxylation is 1. The van der Waals surface area contributed by atoms with Crippen molar-refractivity contribution in [1.29, 1.82) is 0 Å². The molecule has 0 spiro atoms. The first-order valence-electron chi connectivity index (χ1n) is 8.16. The van der Waals surface area contributed by atoms with E-state index < -0.39 is 12.0 Å². The van der Waals surface area contributed by atoms with E-state index in [1.807, 2.05) is 13.0 Å². The number of ether oxygens (including phenoxy) is 2. The second-order valence-corrected chi connectivity index (χ2v) is 6.65. The summed E-state index contributed by atoms with van der Waals surface area (Å²) in [7, 11) is 1.52. The van der Waals surface area contributed by atoms with E-state index in [0.29, 0.717) is 16.5 Å². The molecule has 1 heterocycles. The highest BCUT2D eigenvalue weighted by Gasteiger charge is 2.35. The number of hydrogen-bond acceptors (Lipinski definition) is 6. The van der Waals surface area contributed by atoms with Gasteiger partial charge in [-0.3, -0.25) is 14.5 Å². The molecule has 2 rings (SSSR count). The van der Waals surface area contributed by atoms with Gasteiger partial charge in [0.15, 0.2) is 0 Å². The molecule has 0 aromatic heterocycles. The van der Waals surface area contributed by atoms with Gasteiger partial charge in [0, 0.05) is 0 Å². The number of anilines is 1. The zero-order chi connectivity index (χ0) is 19.3. The molecule has 140 valence electrons. The Morgan fingerprint density at radius 1 is 1.42 bits per heavy atom. The van der Waals surface area contributed by atoms with Crippen molar-refractivity contribution < 1.29 is 23.9 Å². The highest BCUT2D eigenvalue weighted by molar-refractivity contribution is 8.04. The Balaban J connectivity index is 2.19. The Hall–Kier alpha value is -2.48. The maximum atomic E-state index is 12.7. The first-order valence-corrected chi connectivity index (χ1v) is 9.14. The third kappa shape index (κ3) is 4.57. The molecule has 1 N–H and O–H groups in total. The number of carbonyl (C=O) groups is 3. The molecule has 1 atom stereocenters. The number of nitrogens with one attached hydrogen (secondary N) is 1. The molecule has 1 saturated heterocycles. The Morgan fingerprint density at radius 2 is 2.15 bits per heavy atom. The number of amides is 2. The molecule has 2 amide bonds. The molecular weight excluding hydrogens is 356 g/mol. The van der Waals surface area contributed by atoms with Gasteiger partial charge in [-0.25, -0.2) is 4.79 Å². The molecule has 1 aliphatic heterocycles. The highest BCUT2D eigenvalue weighted by Crippen LogP contribution is 2.32. The predicted octanol–water partition coefficient (Wildman–Crippen LogP) is 2.31. The minimum atomic E-state index is -0.789. The SMILES string of the molecule is CCOC(=O)/C=C1\SCC(=O)N1C(C)C(=O)Nc1cc(C)ccc1OC. The Morgan fingerprint density at radius 3 is 2.81 bits per heavy atom. The predicted molar refractivity (Wildman–Crippen MR) is 99.8 cm³/mol. The van der Waals surface area contributed by atoms with Gasteiger partial charge in [-0.1, -0.05) is 17.8 Å². The number of thioether (sulfide) groups is 1. The summed E-state index contributed by atoms with van der Waals surface area (Å²) in [6.07, 6.45) is 1.25. The standard InChI is InChI=1S/C18H22N2O5S/c1-5-25-17(22)9-16-20(15(21)10-26-16)12(3)18(23)19-13-8-11(2)6-7-14(13)24-4/h6-9,12H,5,10H2,1-4H3,(H,19,23)/b16-9-. The summed E-state index contributed by atoms with van der Waals surface area (Å²) in [6.45, 7) is 5.45. The molecule has 26 heavy (non-hydrogen) atoms. The smallest absolute Gasteiger partial charge is 0.333 e. The molecule has 0 bridgehead atoms. The molecule has 0 radical (unpaired) electrons. The van der Waals surface area contributed by atoms with Gasteiger partial charge in [-0.05, 0) is 38.5 Å². The van der Waals surface area contributed by atoms with Crippen LogP contribution in [0.2, 0.25) is 0 Å². The number of rotatable bonds is 6. The molecule has 1 aliphatic rings. The van der Waals surface area contributed by atoms with Gasteiger partial charge in [0.1, 0.15) is 11.8 Å². The van der Waals surface area contributed by atoms with Gasteiger partial charge < -0.3 is 14.8 Å². The lowest BCUT2D eigenvalue weighted by atomic mass is 10.2. The number of esters is 1. The molecule has 8 heteroatoms. The fraction of sp³-hybridized carbons (Fsp3) is 0.389. The number of nitrogens with zero attached hydrogens (tertiary/aromatic N) is 1. The van der Waals surface area contributed by atoms with Gasteiger partial charge in [-0.15, -0.1) is 0 Å². The monoisotopic (exact) mass is 378 g/mol. The number of carbonyl (C=O) groups excluding carboxylic acids is 3. The summed E-state index contributed by atoms with van der Waals surface area (Å²) in [5.41, 5.74) is 1.49. The van der Waals surface area contributed by atoms with E-state index in [0.717, 1.165) is 5.56 Å². The average Bonchev–Trinajstić information content (AvgIpc) is 2.94. The van der Waals surface area contributed by atoms with Crippen molar-refractivity contribution in [3.63, 3.8) is 0 Å². The van der Waals surface area contributed by atoms with Gasteiger partial charge in [-0.2, -0.15) is 0 Å². The summed E-state index contributed by atoms with van der Waals surface area (Å²) in [6, 6.07) is 4.64. The van der Waals surface area contributed by atoms with E-state index in [-0.39, 0.29) is 24.2 Å². The molecular formula is C18H22N2O5S. The minimum absolute atomic E-state index is 0.177. The maximum absolute atomic E-state index is 12.7. The van der Waals surface area contributed by atoms with Crippen molar-refractivity contribution in [1.82, 2.24) is 4.90 Å². The van der Waals surface area contributed by atoms with Crippen LogP contribution in [-0.2, 0) is 19.1 Å². The van der Waals surface area contributed by atoms with Crippen LogP contribution in [0.25, 0.3) is 0 Å². The van der Waals surface area contributed by atoms with Gasteiger partial charge >= 0.3 is 5.97 Å². The van der Waals surface area contributed by atoms with Crippen LogP contribution < -0.4 is 10.1 Å². The van der Waals surface area contributed by atoms with Crippen LogP contribution in [0.1, 0.15) is 19.4 Å². The normalized spacial score (nSPS) is 16.5. The Kier molecular flexibility index (Phi) is 6.68. The van der Waals surface area contributed by atoms with Crippen LogP contribution in [0.5, 0.6) is 5.75 Å². The lowest BCUT2D eigenvalue weighted by molar-refractivity contribution is -0.137. The van der Waals surface area contributed by atoms with Crippen molar-refractivity contribution in [2.45, 2.75) is 26.8 Å². The summed E-state index contributed by atoms with van der Waals surface area (Å²) >= 11 is 1.21. The van der Waals surface area contributed by atoms with E-state index in [9.17, 15) is 14.4 Å².